The first kappa shape index (κ1) is 12.9. The predicted octanol–water partition coefficient (Wildman–Crippen LogP) is 4.49. The first-order valence-electron chi connectivity index (χ1n) is 5.83. The molecule has 0 unspecified atom stereocenters. The molecule has 0 N–H and O–H groups in total. The molecule has 0 radical (unpaired) electrons. The van der Waals surface area contributed by atoms with Gasteiger partial charge in [0.2, 0.25) is 0 Å². The maximum atomic E-state index is 5.79. The highest BCUT2D eigenvalue weighted by molar-refractivity contribution is 9.10. The Hall–Kier alpha value is 0.430. The van der Waals surface area contributed by atoms with Gasteiger partial charge in [-0.15, -0.1) is 22.9 Å². The fourth-order valence-corrected chi connectivity index (χ4v) is 3.65. The van der Waals surface area contributed by atoms with E-state index in [2.05, 4.69) is 32.3 Å². The van der Waals surface area contributed by atoms with E-state index in [1.54, 1.807) is 0 Å². The van der Waals surface area contributed by atoms with E-state index in [0.717, 1.165) is 31.4 Å². The lowest BCUT2D eigenvalue weighted by molar-refractivity contribution is 0.121. The third kappa shape index (κ3) is 3.22. The average Bonchev–Trinajstić information content (AvgIpc) is 2.58. The van der Waals surface area contributed by atoms with Crippen LogP contribution in [0.4, 0.5) is 0 Å². The molecule has 0 spiro atoms. The van der Waals surface area contributed by atoms with Crippen LogP contribution in [0.15, 0.2) is 15.9 Å². The Morgan fingerprint density at radius 1 is 1.50 bits per heavy atom. The molecule has 0 bridgehead atoms. The molecule has 1 heterocycles. The van der Waals surface area contributed by atoms with Crippen LogP contribution < -0.4 is 0 Å². The Kier molecular flexibility index (Phi) is 5.14. The van der Waals surface area contributed by atoms with Crippen molar-refractivity contribution in [3.05, 3.63) is 20.8 Å². The maximum Gasteiger partial charge on any atom is 0.0342 e. The largest absolute Gasteiger partial charge is 0.295 e. The minimum absolute atomic E-state index is 0.773. The number of hydrogen-bond donors (Lipinski definition) is 0. The van der Waals surface area contributed by atoms with Crippen LogP contribution in [0.5, 0.6) is 0 Å². The molecule has 4 heteroatoms. The van der Waals surface area contributed by atoms with Crippen LogP contribution in [-0.2, 0) is 6.54 Å². The second-order valence-corrected chi connectivity index (χ2v) is 6.52. The van der Waals surface area contributed by atoms with Crippen LogP contribution in [0.1, 0.15) is 30.6 Å². The van der Waals surface area contributed by atoms with E-state index >= 15 is 0 Å². The molecular formula is C12H17BrClNS. The summed E-state index contributed by atoms with van der Waals surface area (Å²) in [7, 11) is 0. The molecule has 90 valence electrons. The van der Waals surface area contributed by atoms with Crippen molar-refractivity contribution in [3.63, 3.8) is 0 Å². The van der Waals surface area contributed by atoms with Crippen molar-refractivity contribution in [1.29, 1.82) is 0 Å². The molecule has 0 aliphatic heterocycles. The minimum atomic E-state index is 0.773. The average molecular weight is 323 g/mol. The molecule has 0 saturated heterocycles. The molecule has 1 aliphatic rings. The summed E-state index contributed by atoms with van der Waals surface area (Å²) in [5.74, 6) is 0.773. The van der Waals surface area contributed by atoms with E-state index in [-0.39, 0.29) is 0 Å². The number of thiophene rings is 1. The molecule has 16 heavy (non-hydrogen) atoms. The zero-order chi connectivity index (χ0) is 11.4. The standard InChI is InChI=1S/C12H17BrClNS/c13-11-5-8-16-12(11)9-15(7-2-6-14)10-3-1-4-10/h5,8,10H,1-4,6-7,9H2. The highest BCUT2D eigenvalue weighted by Gasteiger charge is 2.25. The van der Waals surface area contributed by atoms with Gasteiger partial charge in [0.05, 0.1) is 0 Å². The number of halogens is 2. The maximum absolute atomic E-state index is 5.79. The Balaban J connectivity index is 1.93. The summed E-state index contributed by atoms with van der Waals surface area (Å²) in [6.07, 6.45) is 5.23. The van der Waals surface area contributed by atoms with E-state index in [0.29, 0.717) is 0 Å². The molecule has 1 fully saturated rings. The van der Waals surface area contributed by atoms with Crippen LogP contribution in [0.3, 0.4) is 0 Å². The Labute approximate surface area is 115 Å². The smallest absolute Gasteiger partial charge is 0.0342 e. The van der Waals surface area contributed by atoms with Crippen molar-refractivity contribution < 1.29 is 0 Å². The lowest BCUT2D eigenvalue weighted by atomic mass is 9.91. The number of nitrogens with zero attached hydrogens (tertiary/aromatic N) is 1. The summed E-state index contributed by atoms with van der Waals surface area (Å²) >= 11 is 11.2. The van der Waals surface area contributed by atoms with Gasteiger partial charge in [-0.2, -0.15) is 0 Å². The van der Waals surface area contributed by atoms with Gasteiger partial charge >= 0.3 is 0 Å². The van der Waals surface area contributed by atoms with Crippen molar-refractivity contribution in [1.82, 2.24) is 4.90 Å². The van der Waals surface area contributed by atoms with Gasteiger partial charge in [-0.25, -0.2) is 0 Å². The zero-order valence-corrected chi connectivity index (χ0v) is 12.5. The third-order valence-electron chi connectivity index (χ3n) is 3.21. The summed E-state index contributed by atoms with van der Waals surface area (Å²) < 4.78 is 1.26. The monoisotopic (exact) mass is 321 g/mol. The van der Waals surface area contributed by atoms with Crippen molar-refractivity contribution in [2.24, 2.45) is 0 Å². The first-order valence-corrected chi connectivity index (χ1v) is 8.04. The molecule has 1 nitrogen and oxygen atoms in total. The summed E-state index contributed by atoms with van der Waals surface area (Å²) in [6.45, 7) is 2.22. The summed E-state index contributed by atoms with van der Waals surface area (Å²) in [5.41, 5.74) is 0. The lowest BCUT2D eigenvalue weighted by Crippen LogP contribution is -2.40. The van der Waals surface area contributed by atoms with Gasteiger partial charge in [0.15, 0.2) is 0 Å². The molecule has 1 saturated carbocycles. The minimum Gasteiger partial charge on any atom is -0.295 e. The molecule has 2 rings (SSSR count). The van der Waals surface area contributed by atoms with E-state index < -0.39 is 0 Å². The molecule has 0 aromatic carbocycles. The van der Waals surface area contributed by atoms with Gasteiger partial charge in [-0.3, -0.25) is 4.90 Å². The zero-order valence-electron chi connectivity index (χ0n) is 9.29. The SMILES string of the molecule is ClCCCN(Cc1sccc1Br)C1CCC1. The number of rotatable bonds is 6. The Morgan fingerprint density at radius 3 is 2.81 bits per heavy atom. The third-order valence-corrected chi connectivity index (χ3v) is 5.39. The molecule has 1 aromatic heterocycles. The fourth-order valence-electron chi connectivity index (χ4n) is 2.03. The van der Waals surface area contributed by atoms with E-state index in [1.807, 2.05) is 11.3 Å². The van der Waals surface area contributed by atoms with Gasteiger partial charge < -0.3 is 0 Å². The molecule has 0 amide bonds. The van der Waals surface area contributed by atoms with Gasteiger partial charge in [0, 0.05) is 27.8 Å². The topological polar surface area (TPSA) is 3.24 Å². The van der Waals surface area contributed by atoms with Gasteiger partial charge in [0.25, 0.3) is 0 Å². The Bertz CT molecular complexity index is 325. The van der Waals surface area contributed by atoms with Gasteiger partial charge in [0.1, 0.15) is 0 Å². The number of hydrogen-bond acceptors (Lipinski definition) is 2. The Morgan fingerprint density at radius 2 is 2.31 bits per heavy atom. The second kappa shape index (κ2) is 6.39. The lowest BCUT2D eigenvalue weighted by Gasteiger charge is -2.37. The molecule has 1 aromatic rings. The van der Waals surface area contributed by atoms with Crippen molar-refractivity contribution in [3.8, 4) is 0 Å². The second-order valence-electron chi connectivity index (χ2n) is 4.29. The summed E-state index contributed by atoms with van der Waals surface area (Å²) in [4.78, 5) is 4.05. The normalized spacial score (nSPS) is 16.7. The van der Waals surface area contributed by atoms with Crippen LogP contribution >= 0.6 is 38.9 Å². The highest BCUT2D eigenvalue weighted by Crippen LogP contribution is 2.30. The quantitative estimate of drug-likeness (QED) is 0.697. The van der Waals surface area contributed by atoms with E-state index in [4.69, 9.17) is 11.6 Å². The van der Waals surface area contributed by atoms with Crippen LogP contribution in [0.2, 0.25) is 0 Å². The van der Waals surface area contributed by atoms with Gasteiger partial charge in [-0.1, -0.05) is 6.42 Å². The molecule has 0 atom stereocenters. The summed E-state index contributed by atoms with van der Waals surface area (Å²) in [6, 6.07) is 2.94. The fraction of sp³-hybridized carbons (Fsp3) is 0.667. The van der Waals surface area contributed by atoms with E-state index in [9.17, 15) is 0 Å². The van der Waals surface area contributed by atoms with Crippen LogP contribution in [-0.4, -0.2) is 23.4 Å². The highest BCUT2D eigenvalue weighted by atomic mass is 79.9. The first-order chi connectivity index (χ1) is 7.81. The molecular weight excluding hydrogens is 306 g/mol. The predicted molar refractivity (Wildman–Crippen MR) is 75.4 cm³/mol. The van der Waals surface area contributed by atoms with Crippen molar-refractivity contribution >= 4 is 38.9 Å². The van der Waals surface area contributed by atoms with E-state index in [1.165, 1.54) is 28.6 Å². The van der Waals surface area contributed by atoms with Crippen molar-refractivity contribution in [2.45, 2.75) is 38.3 Å². The van der Waals surface area contributed by atoms with Gasteiger partial charge in [-0.05, 0) is 53.2 Å². The van der Waals surface area contributed by atoms with Crippen LogP contribution in [0, 0.1) is 0 Å². The number of alkyl halides is 1. The van der Waals surface area contributed by atoms with Crippen molar-refractivity contribution in [2.75, 3.05) is 12.4 Å². The summed E-state index contributed by atoms with van der Waals surface area (Å²) in [5, 5.41) is 2.15. The van der Waals surface area contributed by atoms with Crippen LogP contribution in [0.25, 0.3) is 0 Å². The molecule has 1 aliphatic carbocycles.